The van der Waals surface area contributed by atoms with Crippen LogP contribution in [0.4, 0.5) is 13.2 Å². The standard InChI is InChI=1S/C28H29F3N4O2/c1-17-12-18(2)14-20(13-17)15-33-26(36)22-16-32-19(3)34-25(22)21-8-10-35(11-9-21)27(37)28(30,31)23-6-4-5-7-24(23)29/h4-7,12-14,16,21H,8-11,15H2,1-3H3,(H,33,36). The van der Waals surface area contributed by atoms with E-state index in [2.05, 4.69) is 21.4 Å². The first kappa shape index (κ1) is 26.3. The van der Waals surface area contributed by atoms with Gasteiger partial charge in [-0.15, -0.1) is 0 Å². The summed E-state index contributed by atoms with van der Waals surface area (Å²) in [7, 11) is 0. The summed E-state index contributed by atoms with van der Waals surface area (Å²) < 4.78 is 43.6. The number of hydrogen-bond donors (Lipinski definition) is 1. The molecule has 2 amide bonds. The molecule has 6 nitrogen and oxygen atoms in total. The lowest BCUT2D eigenvalue weighted by molar-refractivity contribution is -0.160. The van der Waals surface area contributed by atoms with Crippen LogP contribution in [-0.2, 0) is 17.3 Å². The second kappa shape index (κ2) is 10.7. The number of amides is 2. The van der Waals surface area contributed by atoms with Crippen LogP contribution in [-0.4, -0.2) is 39.8 Å². The first-order valence-electron chi connectivity index (χ1n) is 12.2. The number of piperidine rings is 1. The number of rotatable bonds is 6. The van der Waals surface area contributed by atoms with Gasteiger partial charge in [-0.05, 0) is 51.3 Å². The van der Waals surface area contributed by atoms with E-state index >= 15 is 0 Å². The van der Waals surface area contributed by atoms with Gasteiger partial charge >= 0.3 is 5.92 Å². The first-order valence-corrected chi connectivity index (χ1v) is 12.2. The van der Waals surface area contributed by atoms with Crippen LogP contribution in [0.3, 0.4) is 0 Å². The molecular formula is C28H29F3N4O2. The van der Waals surface area contributed by atoms with Gasteiger partial charge < -0.3 is 10.2 Å². The number of nitrogens with zero attached hydrogens (tertiary/aromatic N) is 3. The van der Waals surface area contributed by atoms with Gasteiger partial charge in [0.05, 0.1) is 16.8 Å². The summed E-state index contributed by atoms with van der Waals surface area (Å²) in [6.07, 6.45) is 2.16. The minimum absolute atomic E-state index is 0.0419. The number of carbonyl (C=O) groups excluding carboxylic acids is 2. The third-order valence-corrected chi connectivity index (χ3v) is 6.57. The third-order valence-electron chi connectivity index (χ3n) is 6.57. The molecule has 0 saturated carbocycles. The zero-order chi connectivity index (χ0) is 26.7. The largest absolute Gasteiger partial charge is 0.352 e. The number of carbonyl (C=O) groups is 2. The van der Waals surface area contributed by atoms with Gasteiger partial charge in [0.15, 0.2) is 0 Å². The van der Waals surface area contributed by atoms with Crippen LogP contribution in [0.15, 0.2) is 48.7 Å². The molecule has 1 aliphatic heterocycles. The van der Waals surface area contributed by atoms with Gasteiger partial charge in [-0.25, -0.2) is 14.4 Å². The lowest BCUT2D eigenvalue weighted by Crippen LogP contribution is -2.46. The fourth-order valence-corrected chi connectivity index (χ4v) is 4.81. The Bertz CT molecular complexity index is 1300. The molecule has 0 aliphatic carbocycles. The molecule has 3 aromatic rings. The normalized spacial score (nSPS) is 14.5. The molecule has 0 bridgehead atoms. The second-order valence-electron chi connectivity index (χ2n) is 9.52. The molecule has 1 N–H and O–H groups in total. The highest BCUT2D eigenvalue weighted by molar-refractivity contribution is 5.95. The number of benzene rings is 2. The Morgan fingerprint density at radius 1 is 1.05 bits per heavy atom. The predicted molar refractivity (Wildman–Crippen MR) is 133 cm³/mol. The molecule has 2 heterocycles. The van der Waals surface area contributed by atoms with Gasteiger partial charge in [0, 0.05) is 31.7 Å². The smallest absolute Gasteiger partial charge is 0.348 e. The number of hydrogen-bond acceptors (Lipinski definition) is 4. The highest BCUT2D eigenvalue weighted by Crippen LogP contribution is 2.35. The molecule has 1 saturated heterocycles. The van der Waals surface area contributed by atoms with Crippen molar-refractivity contribution < 1.29 is 22.8 Å². The Labute approximate surface area is 213 Å². The van der Waals surface area contributed by atoms with Crippen molar-refractivity contribution in [2.24, 2.45) is 0 Å². The van der Waals surface area contributed by atoms with Gasteiger partial charge in [-0.3, -0.25) is 9.59 Å². The van der Waals surface area contributed by atoms with E-state index in [4.69, 9.17) is 0 Å². The fourth-order valence-electron chi connectivity index (χ4n) is 4.81. The minimum Gasteiger partial charge on any atom is -0.348 e. The molecule has 0 atom stereocenters. The Morgan fingerprint density at radius 2 is 1.70 bits per heavy atom. The molecule has 37 heavy (non-hydrogen) atoms. The molecule has 0 spiro atoms. The van der Waals surface area contributed by atoms with Crippen LogP contribution in [0.5, 0.6) is 0 Å². The lowest BCUT2D eigenvalue weighted by atomic mass is 9.90. The van der Waals surface area contributed by atoms with Crippen molar-refractivity contribution >= 4 is 11.8 Å². The van der Waals surface area contributed by atoms with Crippen molar-refractivity contribution in [1.29, 1.82) is 0 Å². The van der Waals surface area contributed by atoms with Crippen molar-refractivity contribution in [3.63, 3.8) is 0 Å². The molecule has 0 unspecified atom stereocenters. The number of nitrogens with one attached hydrogen (secondary N) is 1. The maximum Gasteiger partial charge on any atom is 0.352 e. The average molecular weight is 511 g/mol. The molecular weight excluding hydrogens is 481 g/mol. The lowest BCUT2D eigenvalue weighted by Gasteiger charge is -2.34. The topological polar surface area (TPSA) is 75.2 Å². The van der Waals surface area contributed by atoms with Crippen LogP contribution in [0.2, 0.25) is 0 Å². The fraction of sp³-hybridized carbons (Fsp3) is 0.357. The maximum absolute atomic E-state index is 14.8. The molecule has 2 aromatic carbocycles. The van der Waals surface area contributed by atoms with Crippen LogP contribution < -0.4 is 5.32 Å². The van der Waals surface area contributed by atoms with Gasteiger partial charge in [0.1, 0.15) is 11.6 Å². The van der Waals surface area contributed by atoms with E-state index < -0.39 is 23.2 Å². The van der Waals surface area contributed by atoms with E-state index in [0.29, 0.717) is 36.5 Å². The van der Waals surface area contributed by atoms with Gasteiger partial charge in [0.2, 0.25) is 0 Å². The number of halogens is 3. The van der Waals surface area contributed by atoms with E-state index in [1.165, 1.54) is 18.3 Å². The maximum atomic E-state index is 14.8. The number of aromatic nitrogens is 2. The summed E-state index contributed by atoms with van der Waals surface area (Å²) in [6, 6.07) is 10.5. The Balaban J connectivity index is 1.46. The summed E-state index contributed by atoms with van der Waals surface area (Å²) >= 11 is 0. The summed E-state index contributed by atoms with van der Waals surface area (Å²) in [6.45, 7) is 6.13. The number of likely N-dealkylation sites (tertiary alicyclic amines) is 1. The Morgan fingerprint density at radius 3 is 2.35 bits per heavy atom. The van der Waals surface area contributed by atoms with E-state index in [0.717, 1.165) is 33.7 Å². The van der Waals surface area contributed by atoms with Crippen molar-refractivity contribution in [3.05, 3.63) is 93.8 Å². The molecule has 1 aromatic heterocycles. The Hall–Kier alpha value is -3.75. The predicted octanol–water partition coefficient (Wildman–Crippen LogP) is 4.97. The highest BCUT2D eigenvalue weighted by Gasteiger charge is 2.46. The van der Waals surface area contributed by atoms with Gasteiger partial charge in [-0.2, -0.15) is 8.78 Å². The van der Waals surface area contributed by atoms with E-state index in [9.17, 15) is 22.8 Å². The van der Waals surface area contributed by atoms with E-state index in [-0.39, 0.29) is 24.9 Å². The molecule has 1 aliphatic rings. The highest BCUT2D eigenvalue weighted by atomic mass is 19.3. The third kappa shape index (κ3) is 5.81. The molecule has 194 valence electrons. The van der Waals surface area contributed by atoms with Crippen LogP contribution >= 0.6 is 0 Å². The number of aryl methyl sites for hydroxylation is 3. The van der Waals surface area contributed by atoms with Crippen molar-refractivity contribution in [2.45, 2.75) is 52.0 Å². The van der Waals surface area contributed by atoms with Crippen LogP contribution in [0, 0.1) is 26.6 Å². The van der Waals surface area contributed by atoms with Gasteiger partial charge in [0.25, 0.3) is 11.8 Å². The first-order chi connectivity index (χ1) is 17.6. The zero-order valence-corrected chi connectivity index (χ0v) is 21.0. The molecule has 9 heteroatoms. The molecule has 4 rings (SSSR count). The SMILES string of the molecule is Cc1cc(C)cc(CNC(=O)c2cnc(C)nc2C2CCN(C(=O)C(F)(F)c3ccccc3F)CC2)c1. The Kier molecular flexibility index (Phi) is 7.61. The summed E-state index contributed by atoms with van der Waals surface area (Å²) in [5, 5.41) is 2.92. The van der Waals surface area contributed by atoms with E-state index in [1.807, 2.05) is 26.0 Å². The summed E-state index contributed by atoms with van der Waals surface area (Å²) in [5.74, 6) is -6.56. The second-order valence-corrected chi connectivity index (χ2v) is 9.52. The number of alkyl halides is 2. The van der Waals surface area contributed by atoms with E-state index in [1.54, 1.807) is 6.92 Å². The minimum atomic E-state index is -3.97. The molecule has 0 radical (unpaired) electrons. The summed E-state index contributed by atoms with van der Waals surface area (Å²) in [4.78, 5) is 35.4. The van der Waals surface area contributed by atoms with Crippen LogP contribution in [0.25, 0.3) is 0 Å². The van der Waals surface area contributed by atoms with Crippen molar-refractivity contribution in [1.82, 2.24) is 20.2 Å². The molecule has 1 fully saturated rings. The summed E-state index contributed by atoms with van der Waals surface area (Å²) in [5.41, 5.74) is 3.12. The quantitative estimate of drug-likeness (QED) is 0.508. The monoisotopic (exact) mass is 510 g/mol. The van der Waals surface area contributed by atoms with Gasteiger partial charge in [-0.1, -0.05) is 41.5 Å². The van der Waals surface area contributed by atoms with Crippen LogP contribution in [0.1, 0.15) is 62.9 Å². The average Bonchev–Trinajstić information content (AvgIpc) is 2.86. The zero-order valence-electron chi connectivity index (χ0n) is 21.0. The van der Waals surface area contributed by atoms with Crippen molar-refractivity contribution in [2.75, 3.05) is 13.1 Å². The van der Waals surface area contributed by atoms with Crippen molar-refractivity contribution in [3.8, 4) is 0 Å².